The summed E-state index contributed by atoms with van der Waals surface area (Å²) in [6, 6.07) is 2.17. The van der Waals surface area contributed by atoms with Crippen LogP contribution >= 0.6 is 11.3 Å². The number of thiophene rings is 1. The minimum absolute atomic E-state index is 0.358. The number of hydrogen-bond acceptors (Lipinski definition) is 3. The smallest absolute Gasteiger partial charge is 0.0894 e. The lowest BCUT2D eigenvalue weighted by Gasteiger charge is -2.20. The van der Waals surface area contributed by atoms with Crippen LogP contribution in [0.25, 0.3) is 0 Å². The van der Waals surface area contributed by atoms with E-state index in [0.717, 1.165) is 10.8 Å². The van der Waals surface area contributed by atoms with Crippen LogP contribution in [0, 0.1) is 5.92 Å². The first-order valence-electron chi connectivity index (χ1n) is 7.25. The summed E-state index contributed by atoms with van der Waals surface area (Å²) in [5, 5.41) is 12.1. The van der Waals surface area contributed by atoms with Gasteiger partial charge in [-0.2, -0.15) is 0 Å². The summed E-state index contributed by atoms with van der Waals surface area (Å²) < 4.78 is 0. The Morgan fingerprint density at radius 1 is 1.33 bits per heavy atom. The van der Waals surface area contributed by atoms with E-state index < -0.39 is 0 Å². The second kappa shape index (κ2) is 7.27. The highest BCUT2D eigenvalue weighted by molar-refractivity contribution is 7.10. The lowest BCUT2D eigenvalue weighted by Crippen LogP contribution is -2.07. The fourth-order valence-corrected chi connectivity index (χ4v) is 3.81. The highest BCUT2D eigenvalue weighted by atomic mass is 32.1. The predicted octanol–water partition coefficient (Wildman–Crippen LogP) is 3.64. The average Bonchev–Trinajstić information content (AvgIpc) is 2.87. The minimum Gasteiger partial charge on any atom is -0.388 e. The minimum atomic E-state index is -0.358. The normalized spacial score (nSPS) is 19.0. The summed E-state index contributed by atoms with van der Waals surface area (Å²) in [6.45, 7) is 0.552. The van der Waals surface area contributed by atoms with Crippen molar-refractivity contribution in [2.75, 3.05) is 6.54 Å². The van der Waals surface area contributed by atoms with E-state index in [1.807, 2.05) is 0 Å². The van der Waals surface area contributed by atoms with E-state index >= 15 is 0 Å². The van der Waals surface area contributed by atoms with Gasteiger partial charge in [-0.25, -0.2) is 0 Å². The van der Waals surface area contributed by atoms with Crippen molar-refractivity contribution in [1.29, 1.82) is 0 Å². The fourth-order valence-electron chi connectivity index (χ4n) is 2.85. The first kappa shape index (κ1) is 14.0. The molecule has 0 aromatic carbocycles. The quantitative estimate of drug-likeness (QED) is 0.826. The van der Waals surface area contributed by atoms with Crippen molar-refractivity contribution in [2.45, 2.75) is 57.5 Å². The lowest BCUT2D eigenvalue weighted by atomic mass is 9.85. The van der Waals surface area contributed by atoms with Crippen LogP contribution in [0.5, 0.6) is 0 Å². The monoisotopic (exact) mass is 267 g/mol. The van der Waals surface area contributed by atoms with Gasteiger partial charge in [0, 0.05) is 4.88 Å². The third kappa shape index (κ3) is 4.08. The molecule has 3 N–H and O–H groups in total. The summed E-state index contributed by atoms with van der Waals surface area (Å²) >= 11 is 1.68. The maximum Gasteiger partial charge on any atom is 0.0894 e. The van der Waals surface area contributed by atoms with E-state index in [-0.39, 0.29) is 6.10 Å². The lowest BCUT2D eigenvalue weighted by molar-refractivity contribution is 0.174. The highest BCUT2D eigenvalue weighted by Crippen LogP contribution is 2.29. The summed E-state index contributed by atoms with van der Waals surface area (Å²) in [5.41, 5.74) is 6.87. The molecule has 3 heteroatoms. The van der Waals surface area contributed by atoms with E-state index in [4.69, 9.17) is 5.73 Å². The molecule has 1 aliphatic rings. The van der Waals surface area contributed by atoms with Crippen LogP contribution in [0.2, 0.25) is 0 Å². The molecule has 0 spiro atoms. The Labute approximate surface area is 114 Å². The molecular weight excluding hydrogens is 242 g/mol. The molecule has 102 valence electrons. The van der Waals surface area contributed by atoms with Crippen molar-refractivity contribution in [1.82, 2.24) is 0 Å². The number of nitrogens with two attached hydrogens (primary N) is 1. The van der Waals surface area contributed by atoms with Crippen molar-refractivity contribution in [3.63, 3.8) is 0 Å². The van der Waals surface area contributed by atoms with Crippen LogP contribution in [0.4, 0.5) is 0 Å². The van der Waals surface area contributed by atoms with Crippen molar-refractivity contribution in [2.24, 2.45) is 11.7 Å². The molecule has 0 amide bonds. The number of aliphatic hydroxyl groups is 1. The third-order valence-corrected chi connectivity index (χ3v) is 5.09. The van der Waals surface area contributed by atoms with Gasteiger partial charge in [-0.05, 0) is 48.7 Å². The van der Waals surface area contributed by atoms with Crippen LogP contribution in [-0.2, 0) is 6.42 Å². The Morgan fingerprint density at radius 3 is 2.83 bits per heavy atom. The Hall–Kier alpha value is -0.380. The zero-order valence-electron chi connectivity index (χ0n) is 11.1. The first-order chi connectivity index (χ1) is 8.79. The van der Waals surface area contributed by atoms with E-state index in [0.29, 0.717) is 13.0 Å². The maximum atomic E-state index is 9.88. The van der Waals surface area contributed by atoms with Gasteiger partial charge in [0.2, 0.25) is 0 Å². The Kier molecular flexibility index (Phi) is 5.67. The summed E-state index contributed by atoms with van der Waals surface area (Å²) in [4.78, 5) is 1.08. The molecule has 1 unspecified atom stereocenters. The molecule has 0 radical (unpaired) electrons. The average molecular weight is 267 g/mol. The molecule has 1 heterocycles. The second-order valence-corrected chi connectivity index (χ2v) is 6.44. The van der Waals surface area contributed by atoms with Gasteiger partial charge in [-0.3, -0.25) is 0 Å². The Morgan fingerprint density at radius 2 is 2.11 bits per heavy atom. The molecule has 0 saturated heterocycles. The van der Waals surface area contributed by atoms with Gasteiger partial charge in [0.1, 0.15) is 0 Å². The van der Waals surface area contributed by atoms with Gasteiger partial charge < -0.3 is 10.8 Å². The molecule has 0 aliphatic heterocycles. The molecule has 2 nitrogen and oxygen atoms in total. The van der Waals surface area contributed by atoms with E-state index in [9.17, 15) is 5.11 Å². The third-order valence-electron chi connectivity index (χ3n) is 4.01. The van der Waals surface area contributed by atoms with Crippen molar-refractivity contribution in [3.8, 4) is 0 Å². The van der Waals surface area contributed by atoms with Gasteiger partial charge in [0.05, 0.1) is 6.10 Å². The van der Waals surface area contributed by atoms with Crippen molar-refractivity contribution in [3.05, 3.63) is 21.9 Å². The van der Waals surface area contributed by atoms with Crippen LogP contribution in [0.15, 0.2) is 11.4 Å². The standard InChI is InChI=1S/C15H25NOS/c16-9-8-14(17)15-10-13(11-18-15)7-6-12-4-2-1-3-5-12/h10-12,14,17H,1-9,16H2. The largest absolute Gasteiger partial charge is 0.388 e. The zero-order chi connectivity index (χ0) is 12.8. The predicted molar refractivity (Wildman–Crippen MR) is 77.8 cm³/mol. The molecule has 2 rings (SSSR count). The molecule has 1 saturated carbocycles. The number of aliphatic hydroxyl groups excluding tert-OH is 1. The molecule has 0 bridgehead atoms. The maximum absolute atomic E-state index is 9.88. The Balaban J connectivity index is 1.79. The van der Waals surface area contributed by atoms with Crippen LogP contribution in [0.3, 0.4) is 0 Å². The zero-order valence-corrected chi connectivity index (χ0v) is 11.9. The van der Waals surface area contributed by atoms with Gasteiger partial charge >= 0.3 is 0 Å². The SMILES string of the molecule is NCCC(O)c1cc(CCC2CCCCC2)cs1. The summed E-state index contributed by atoms with van der Waals surface area (Å²) in [6.07, 6.45) is 9.94. The molecular formula is C15H25NOS. The Bertz CT molecular complexity index is 344. The molecule has 1 aromatic rings. The van der Waals surface area contributed by atoms with Crippen LogP contribution in [-0.4, -0.2) is 11.7 Å². The first-order valence-corrected chi connectivity index (χ1v) is 8.13. The van der Waals surface area contributed by atoms with Crippen LogP contribution in [0.1, 0.15) is 61.5 Å². The van der Waals surface area contributed by atoms with Gasteiger partial charge in [0.25, 0.3) is 0 Å². The van der Waals surface area contributed by atoms with Gasteiger partial charge in [-0.1, -0.05) is 32.1 Å². The molecule has 18 heavy (non-hydrogen) atoms. The summed E-state index contributed by atoms with van der Waals surface area (Å²) in [7, 11) is 0. The summed E-state index contributed by atoms with van der Waals surface area (Å²) in [5.74, 6) is 0.941. The van der Waals surface area contributed by atoms with Gasteiger partial charge in [0.15, 0.2) is 0 Å². The molecule has 1 aliphatic carbocycles. The number of aryl methyl sites for hydroxylation is 1. The van der Waals surface area contributed by atoms with Crippen LogP contribution < -0.4 is 5.73 Å². The van der Waals surface area contributed by atoms with E-state index in [1.54, 1.807) is 11.3 Å². The topological polar surface area (TPSA) is 46.2 Å². The fraction of sp³-hybridized carbons (Fsp3) is 0.733. The molecule has 1 atom stereocenters. The second-order valence-electron chi connectivity index (χ2n) is 5.49. The van der Waals surface area contributed by atoms with Gasteiger partial charge in [-0.15, -0.1) is 11.3 Å². The number of rotatable bonds is 6. The number of hydrogen-bond donors (Lipinski definition) is 2. The van der Waals surface area contributed by atoms with E-state index in [2.05, 4.69) is 11.4 Å². The van der Waals surface area contributed by atoms with Crippen molar-refractivity contribution >= 4 is 11.3 Å². The molecule has 1 fully saturated rings. The van der Waals surface area contributed by atoms with Crippen molar-refractivity contribution < 1.29 is 5.11 Å². The van der Waals surface area contributed by atoms with E-state index in [1.165, 1.54) is 50.5 Å². The highest BCUT2D eigenvalue weighted by Gasteiger charge is 2.14. The molecule has 1 aromatic heterocycles.